The first kappa shape index (κ1) is 28.9. The van der Waals surface area contributed by atoms with E-state index in [4.69, 9.17) is 14.2 Å². The van der Waals surface area contributed by atoms with Crippen molar-refractivity contribution < 1.29 is 28.2 Å². The van der Waals surface area contributed by atoms with Gasteiger partial charge < -0.3 is 24.8 Å². The molecule has 1 aliphatic rings. The van der Waals surface area contributed by atoms with E-state index in [9.17, 15) is 14.0 Å². The Labute approximate surface area is 231 Å². The molecule has 0 saturated carbocycles. The van der Waals surface area contributed by atoms with E-state index in [-0.39, 0.29) is 30.1 Å². The van der Waals surface area contributed by atoms with Gasteiger partial charge in [0.1, 0.15) is 22.8 Å². The minimum absolute atomic E-state index is 0.0928. The van der Waals surface area contributed by atoms with Crippen molar-refractivity contribution >= 4 is 12.0 Å². The number of hydrogen-bond donors (Lipinski definition) is 2. The number of rotatable bonds is 8. The first-order valence-electron chi connectivity index (χ1n) is 13.0. The highest BCUT2D eigenvalue weighted by Gasteiger charge is 2.26. The van der Waals surface area contributed by atoms with Gasteiger partial charge in [-0.3, -0.25) is 4.79 Å². The number of ether oxygens (including phenoxy) is 3. The van der Waals surface area contributed by atoms with Crippen molar-refractivity contribution in [3.05, 3.63) is 53.4 Å². The molecule has 0 radical (unpaired) electrons. The van der Waals surface area contributed by atoms with Gasteiger partial charge >= 0.3 is 6.09 Å². The monoisotopic (exact) mass is 555 g/mol. The average molecular weight is 556 g/mol. The number of alkyl carbamates (subject to hydrolysis) is 1. The topological polar surface area (TPSA) is 142 Å². The van der Waals surface area contributed by atoms with E-state index in [2.05, 4.69) is 30.9 Å². The molecule has 0 aliphatic carbocycles. The second-order valence-electron chi connectivity index (χ2n) is 10.5. The molecule has 3 aromatic rings. The fourth-order valence-electron chi connectivity index (χ4n) is 4.15. The summed E-state index contributed by atoms with van der Waals surface area (Å²) in [6.07, 6.45) is 2.67. The molecular formula is C27H34FN7O5. The zero-order valence-electron chi connectivity index (χ0n) is 23.2. The lowest BCUT2D eigenvalue weighted by atomic mass is 10.1. The summed E-state index contributed by atoms with van der Waals surface area (Å²) in [5, 5.41) is 14.0. The Morgan fingerprint density at radius 1 is 1.18 bits per heavy atom. The predicted octanol–water partition coefficient (Wildman–Crippen LogP) is 3.19. The van der Waals surface area contributed by atoms with Crippen LogP contribution in [0.2, 0.25) is 0 Å². The number of carbonyl (C=O) groups excluding carboxylic acids is 2. The summed E-state index contributed by atoms with van der Waals surface area (Å²) in [4.78, 5) is 33.5. The first-order chi connectivity index (χ1) is 19.0. The van der Waals surface area contributed by atoms with Crippen LogP contribution in [0.5, 0.6) is 5.75 Å². The Kier molecular flexibility index (Phi) is 8.93. The number of carbonyl (C=O) groups is 2. The summed E-state index contributed by atoms with van der Waals surface area (Å²) in [6.45, 7) is 8.16. The van der Waals surface area contributed by atoms with Gasteiger partial charge in [-0.05, 0) is 64.3 Å². The van der Waals surface area contributed by atoms with Crippen molar-refractivity contribution in [1.82, 2.24) is 35.6 Å². The number of benzene rings is 1. The Balaban J connectivity index is 1.32. The quantitative estimate of drug-likeness (QED) is 0.428. The average Bonchev–Trinajstić information content (AvgIpc) is 3.36. The Hall–Kier alpha value is -4.13. The van der Waals surface area contributed by atoms with E-state index >= 15 is 0 Å². The second-order valence-corrected chi connectivity index (χ2v) is 10.5. The lowest BCUT2D eigenvalue weighted by molar-refractivity contribution is -0.0174. The van der Waals surface area contributed by atoms with Crippen LogP contribution in [0.4, 0.5) is 9.18 Å². The van der Waals surface area contributed by atoms with Crippen LogP contribution in [0.25, 0.3) is 11.4 Å². The molecule has 1 aliphatic heterocycles. The summed E-state index contributed by atoms with van der Waals surface area (Å²) in [5.74, 6) is -0.380. The molecular weight excluding hydrogens is 521 g/mol. The molecule has 40 heavy (non-hydrogen) atoms. The predicted molar refractivity (Wildman–Crippen MR) is 142 cm³/mol. The maximum Gasteiger partial charge on any atom is 0.407 e. The van der Waals surface area contributed by atoms with Crippen LogP contribution in [0.15, 0.2) is 30.5 Å². The molecule has 2 atom stereocenters. The highest BCUT2D eigenvalue weighted by atomic mass is 19.1. The highest BCUT2D eigenvalue weighted by Crippen LogP contribution is 2.20. The normalized spacial score (nSPS) is 17.2. The molecule has 1 aromatic carbocycles. The fraction of sp³-hybridized carbons (Fsp3) is 0.481. The van der Waals surface area contributed by atoms with Gasteiger partial charge in [-0.2, -0.15) is 0 Å². The zero-order valence-corrected chi connectivity index (χ0v) is 23.2. The van der Waals surface area contributed by atoms with E-state index < -0.39 is 23.4 Å². The smallest absolute Gasteiger partial charge is 0.407 e. The number of aryl methyl sites for hydroxylation is 1. The van der Waals surface area contributed by atoms with Gasteiger partial charge in [0.05, 0.1) is 44.3 Å². The van der Waals surface area contributed by atoms with Crippen molar-refractivity contribution in [1.29, 1.82) is 0 Å². The molecule has 4 rings (SSSR count). The number of halogens is 1. The SMILES string of the molecule is COc1cc(CNC(=O)c2cc(-c3cn(CC4CC[C@@H](NC(=O)OC(C)(C)C)CO4)nn3)nc(C)n2)ccc1F. The molecule has 1 unspecified atom stereocenters. The van der Waals surface area contributed by atoms with Crippen LogP contribution in [0.1, 0.15) is 55.5 Å². The van der Waals surface area contributed by atoms with Gasteiger partial charge in [0.25, 0.3) is 5.91 Å². The molecule has 2 amide bonds. The third-order valence-corrected chi connectivity index (χ3v) is 6.02. The van der Waals surface area contributed by atoms with E-state index in [1.807, 2.05) is 20.8 Å². The van der Waals surface area contributed by atoms with Gasteiger partial charge in [-0.25, -0.2) is 23.8 Å². The Bertz CT molecular complexity index is 1350. The summed E-state index contributed by atoms with van der Waals surface area (Å²) < 4.78 is 31.5. The van der Waals surface area contributed by atoms with Gasteiger partial charge in [-0.1, -0.05) is 11.3 Å². The molecule has 1 fully saturated rings. The van der Waals surface area contributed by atoms with Gasteiger partial charge in [0, 0.05) is 6.54 Å². The summed E-state index contributed by atoms with van der Waals surface area (Å²) in [7, 11) is 1.38. The third-order valence-electron chi connectivity index (χ3n) is 6.02. The maximum absolute atomic E-state index is 13.7. The number of hydrogen-bond acceptors (Lipinski definition) is 9. The number of methoxy groups -OCH3 is 1. The second kappa shape index (κ2) is 12.4. The van der Waals surface area contributed by atoms with E-state index in [0.29, 0.717) is 35.9 Å². The molecule has 12 nitrogen and oxygen atoms in total. The zero-order chi connectivity index (χ0) is 28.9. The van der Waals surface area contributed by atoms with Crippen LogP contribution in [0.3, 0.4) is 0 Å². The number of amides is 2. The Morgan fingerprint density at radius 3 is 2.67 bits per heavy atom. The number of aromatic nitrogens is 5. The first-order valence-corrected chi connectivity index (χ1v) is 13.0. The van der Waals surface area contributed by atoms with Crippen LogP contribution < -0.4 is 15.4 Å². The molecule has 2 N–H and O–H groups in total. The minimum Gasteiger partial charge on any atom is -0.494 e. The fourth-order valence-corrected chi connectivity index (χ4v) is 4.15. The van der Waals surface area contributed by atoms with Crippen LogP contribution in [-0.4, -0.2) is 68.4 Å². The minimum atomic E-state index is -0.557. The van der Waals surface area contributed by atoms with Crippen molar-refractivity contribution in [3.8, 4) is 17.1 Å². The van der Waals surface area contributed by atoms with Crippen molar-refractivity contribution in [2.45, 2.75) is 71.4 Å². The van der Waals surface area contributed by atoms with Crippen LogP contribution in [0, 0.1) is 12.7 Å². The van der Waals surface area contributed by atoms with E-state index in [1.54, 1.807) is 29.9 Å². The number of nitrogens with one attached hydrogen (secondary N) is 2. The molecule has 0 spiro atoms. The van der Waals surface area contributed by atoms with Crippen molar-refractivity contribution in [2.24, 2.45) is 0 Å². The van der Waals surface area contributed by atoms with Crippen LogP contribution in [-0.2, 0) is 22.6 Å². The lowest BCUT2D eigenvalue weighted by Crippen LogP contribution is -2.45. The van der Waals surface area contributed by atoms with Gasteiger partial charge in [-0.15, -0.1) is 5.10 Å². The molecule has 3 heterocycles. The van der Waals surface area contributed by atoms with Gasteiger partial charge in [0.2, 0.25) is 0 Å². The molecule has 214 valence electrons. The lowest BCUT2D eigenvalue weighted by Gasteiger charge is -2.30. The largest absolute Gasteiger partial charge is 0.494 e. The Morgan fingerprint density at radius 2 is 1.98 bits per heavy atom. The van der Waals surface area contributed by atoms with E-state index in [1.165, 1.54) is 19.2 Å². The molecule has 0 bridgehead atoms. The van der Waals surface area contributed by atoms with E-state index in [0.717, 1.165) is 12.8 Å². The molecule has 13 heteroatoms. The van der Waals surface area contributed by atoms with Crippen molar-refractivity contribution in [3.63, 3.8) is 0 Å². The summed E-state index contributed by atoms with van der Waals surface area (Å²) >= 11 is 0. The number of nitrogens with zero attached hydrogens (tertiary/aromatic N) is 5. The molecule has 2 aromatic heterocycles. The molecule has 1 saturated heterocycles. The summed E-state index contributed by atoms with van der Waals surface area (Å²) in [6, 6.07) is 5.82. The summed E-state index contributed by atoms with van der Waals surface area (Å²) in [5.41, 5.74) is 1.24. The van der Waals surface area contributed by atoms with Crippen molar-refractivity contribution in [2.75, 3.05) is 13.7 Å². The standard InChI is InChI=1S/C27H34FN7O5/c1-16-30-21(11-22(31-16)25(36)29-12-17-6-9-20(28)24(10-17)38-5)23-14-35(34-33-23)13-19-8-7-18(15-39-19)32-26(37)40-27(2,3)4/h6,9-11,14,18-19H,7-8,12-13,15H2,1-5H3,(H,29,36)(H,32,37)/t18-,19?/m1/s1. The van der Waals surface area contributed by atoms with Gasteiger partial charge in [0.15, 0.2) is 11.6 Å². The highest BCUT2D eigenvalue weighted by molar-refractivity contribution is 5.93. The van der Waals surface area contributed by atoms with Crippen LogP contribution >= 0.6 is 0 Å². The third kappa shape index (κ3) is 7.94. The maximum atomic E-state index is 13.7.